The van der Waals surface area contributed by atoms with Crippen LogP contribution in [0.1, 0.15) is 0 Å². The van der Waals surface area contributed by atoms with Crippen molar-refractivity contribution in [3.63, 3.8) is 0 Å². The normalized spacial score (nSPS) is 11.1. The van der Waals surface area contributed by atoms with Gasteiger partial charge >= 0.3 is 29.6 Å². The first-order valence-electron chi connectivity index (χ1n) is 4.00. The predicted molar refractivity (Wildman–Crippen MR) is 54.7 cm³/mol. The summed E-state index contributed by atoms with van der Waals surface area (Å²) in [5.74, 6) is 0. The molecule has 0 saturated heterocycles. The van der Waals surface area contributed by atoms with Crippen LogP contribution < -0.4 is 29.6 Å². The minimum absolute atomic E-state index is 0. The molecular weight excluding hydrogens is 261 g/mol. The molecule has 4 nitrogen and oxygen atoms in total. The van der Waals surface area contributed by atoms with E-state index >= 15 is 0 Å². The van der Waals surface area contributed by atoms with Crippen molar-refractivity contribution in [2.75, 3.05) is 0 Å². The smallest absolute Gasteiger partial charge is 0.744 e. The molecule has 0 aliphatic carbocycles. The van der Waals surface area contributed by atoms with Crippen LogP contribution in [0.4, 0.5) is 0 Å². The summed E-state index contributed by atoms with van der Waals surface area (Å²) < 4.78 is 32.5. The van der Waals surface area contributed by atoms with Crippen molar-refractivity contribution >= 4 is 32.6 Å². The molecule has 0 fully saturated rings. The number of halogens is 1. The van der Waals surface area contributed by atoms with E-state index in [1.54, 1.807) is 24.3 Å². The molecule has 0 spiro atoms. The number of rotatable bonds is 1. The number of hydrogen-bond donors (Lipinski definition) is 0. The van der Waals surface area contributed by atoms with Crippen LogP contribution in [0.5, 0.6) is 0 Å². The fraction of sp³-hybridized carbons (Fsp3) is 0. The zero-order chi connectivity index (χ0) is 11.1. The van der Waals surface area contributed by atoms with Gasteiger partial charge < -0.3 is 4.55 Å². The molecule has 0 radical (unpaired) electrons. The molecule has 0 amide bonds. The van der Waals surface area contributed by atoms with Crippen LogP contribution in [0.25, 0.3) is 10.9 Å². The van der Waals surface area contributed by atoms with Crippen molar-refractivity contribution in [1.29, 1.82) is 0 Å². The van der Waals surface area contributed by atoms with Gasteiger partial charge in [0.05, 0.1) is 10.4 Å². The summed E-state index contributed by atoms with van der Waals surface area (Å²) in [5.41, 5.74) is 0.551. The molecule has 1 heterocycles. The Balaban J connectivity index is 0.00000128. The third kappa shape index (κ3) is 2.74. The van der Waals surface area contributed by atoms with E-state index in [0.29, 0.717) is 10.9 Å². The second kappa shape index (κ2) is 5.00. The van der Waals surface area contributed by atoms with Gasteiger partial charge in [0.15, 0.2) is 0 Å². The molecule has 0 N–H and O–H groups in total. The van der Waals surface area contributed by atoms with Crippen LogP contribution in [0.3, 0.4) is 0 Å². The molecule has 0 saturated carbocycles. The average Bonchev–Trinajstić information content (AvgIpc) is 2.15. The number of fused-ring (bicyclic) bond motifs is 1. The summed E-state index contributed by atoms with van der Waals surface area (Å²) in [5, 5.41) is 0.278. The van der Waals surface area contributed by atoms with Crippen LogP contribution in [-0.2, 0) is 10.1 Å². The molecule has 0 aliphatic rings. The van der Waals surface area contributed by atoms with E-state index in [9.17, 15) is 13.0 Å². The van der Waals surface area contributed by atoms with Crippen molar-refractivity contribution < 1.29 is 42.5 Å². The quantitative estimate of drug-likeness (QED) is 0.369. The minimum atomic E-state index is -4.57. The van der Waals surface area contributed by atoms with E-state index in [1.807, 2.05) is 0 Å². The summed E-state index contributed by atoms with van der Waals surface area (Å²) in [6.45, 7) is 0. The van der Waals surface area contributed by atoms with Gasteiger partial charge in [0.25, 0.3) is 0 Å². The van der Waals surface area contributed by atoms with E-state index in [2.05, 4.69) is 4.98 Å². The van der Waals surface area contributed by atoms with Crippen molar-refractivity contribution in [1.82, 2.24) is 4.98 Å². The Morgan fingerprint density at radius 3 is 2.50 bits per heavy atom. The van der Waals surface area contributed by atoms with Crippen molar-refractivity contribution in [3.05, 3.63) is 35.5 Å². The first-order valence-corrected chi connectivity index (χ1v) is 5.78. The largest absolute Gasteiger partial charge is 1.00 e. The zero-order valence-corrected chi connectivity index (χ0v) is 11.9. The molecule has 0 bridgehead atoms. The van der Waals surface area contributed by atoms with Crippen molar-refractivity contribution in [3.8, 4) is 0 Å². The summed E-state index contributed by atoms with van der Waals surface area (Å²) in [7, 11) is -4.57. The molecular formula is C9H5ClNNaO3S. The zero-order valence-electron chi connectivity index (χ0n) is 8.34. The molecule has 7 heteroatoms. The first kappa shape index (κ1) is 13.9. The Kier molecular flexibility index (Phi) is 4.34. The maximum atomic E-state index is 10.8. The number of para-hydroxylation sites is 1. The Bertz CT molecular complexity index is 630. The van der Waals surface area contributed by atoms with Gasteiger partial charge in [0.2, 0.25) is 0 Å². The molecule has 0 unspecified atom stereocenters. The fourth-order valence-electron chi connectivity index (χ4n) is 1.25. The van der Waals surface area contributed by atoms with Gasteiger partial charge in [-0.15, -0.1) is 0 Å². The Morgan fingerprint density at radius 1 is 1.25 bits per heavy atom. The van der Waals surface area contributed by atoms with E-state index in [1.165, 1.54) is 6.07 Å². The molecule has 1 aromatic heterocycles. The summed E-state index contributed by atoms with van der Waals surface area (Å²) >= 11 is 5.60. The number of benzene rings is 1. The molecule has 78 valence electrons. The monoisotopic (exact) mass is 265 g/mol. The van der Waals surface area contributed by atoms with Crippen LogP contribution >= 0.6 is 11.6 Å². The summed E-state index contributed by atoms with van der Waals surface area (Å²) in [4.78, 5) is 3.34. The Morgan fingerprint density at radius 2 is 1.88 bits per heavy atom. The average molecular weight is 266 g/mol. The second-order valence-corrected chi connectivity index (χ2v) is 4.63. The van der Waals surface area contributed by atoms with Gasteiger partial charge in [-0.05, 0) is 12.1 Å². The van der Waals surface area contributed by atoms with Crippen LogP contribution in [0.2, 0.25) is 5.15 Å². The molecule has 2 rings (SSSR count). The number of nitrogens with zero attached hydrogens (tertiary/aromatic N) is 1. The van der Waals surface area contributed by atoms with E-state index in [-0.39, 0.29) is 34.7 Å². The van der Waals surface area contributed by atoms with Gasteiger partial charge in [0.1, 0.15) is 15.3 Å². The molecule has 16 heavy (non-hydrogen) atoms. The SMILES string of the molecule is O=S(=O)([O-])c1cc2ccccc2nc1Cl.[Na+]. The van der Waals surface area contributed by atoms with Crippen molar-refractivity contribution in [2.45, 2.75) is 4.90 Å². The number of pyridine rings is 1. The third-order valence-electron chi connectivity index (χ3n) is 1.91. The number of hydrogen-bond acceptors (Lipinski definition) is 4. The molecule has 0 atom stereocenters. The standard InChI is InChI=1S/C9H6ClNO3S.Na/c10-9-8(15(12,13)14)5-6-3-1-2-4-7(6)11-9;/h1-5H,(H,12,13,14);/q;+1/p-1. The summed E-state index contributed by atoms with van der Waals surface area (Å²) in [6, 6.07) is 8.04. The van der Waals surface area contributed by atoms with E-state index < -0.39 is 15.0 Å². The van der Waals surface area contributed by atoms with E-state index in [4.69, 9.17) is 11.6 Å². The minimum Gasteiger partial charge on any atom is -0.744 e. The third-order valence-corrected chi connectivity index (χ3v) is 3.16. The molecule has 2 aromatic rings. The summed E-state index contributed by atoms with van der Waals surface area (Å²) in [6.07, 6.45) is 0. The predicted octanol–water partition coefficient (Wildman–Crippen LogP) is -1.20. The maximum Gasteiger partial charge on any atom is 1.00 e. The first-order chi connectivity index (χ1) is 6.98. The van der Waals surface area contributed by atoms with Gasteiger partial charge in [-0.1, -0.05) is 29.8 Å². The second-order valence-electron chi connectivity index (χ2n) is 2.92. The molecule has 1 aromatic carbocycles. The van der Waals surface area contributed by atoms with Gasteiger partial charge in [0, 0.05) is 5.39 Å². The maximum absolute atomic E-state index is 10.8. The van der Waals surface area contributed by atoms with Crippen LogP contribution in [0.15, 0.2) is 35.2 Å². The molecule has 0 aliphatic heterocycles. The van der Waals surface area contributed by atoms with E-state index in [0.717, 1.165) is 0 Å². The van der Waals surface area contributed by atoms with Crippen LogP contribution in [0, 0.1) is 0 Å². The Labute approximate surface area is 120 Å². The fourth-order valence-corrected chi connectivity index (χ4v) is 2.20. The van der Waals surface area contributed by atoms with Crippen LogP contribution in [-0.4, -0.2) is 18.0 Å². The number of aromatic nitrogens is 1. The van der Waals surface area contributed by atoms with Gasteiger partial charge in [-0.3, -0.25) is 0 Å². The van der Waals surface area contributed by atoms with Gasteiger partial charge in [-0.2, -0.15) is 0 Å². The van der Waals surface area contributed by atoms with Gasteiger partial charge in [-0.25, -0.2) is 13.4 Å². The topological polar surface area (TPSA) is 70.1 Å². The Hall–Kier alpha value is -0.170. The van der Waals surface area contributed by atoms with Crippen molar-refractivity contribution in [2.24, 2.45) is 0 Å².